The van der Waals surface area contributed by atoms with Gasteiger partial charge >= 0.3 is 0 Å². The molecular weight excluding hydrogens is 257 g/mol. The molecule has 20 heavy (non-hydrogen) atoms. The van der Waals surface area contributed by atoms with Crippen molar-refractivity contribution >= 4 is 0 Å². The van der Waals surface area contributed by atoms with E-state index in [9.17, 15) is 4.39 Å². The number of halogens is 1. The highest BCUT2D eigenvalue weighted by molar-refractivity contribution is 5.55. The molecule has 4 nitrogen and oxygen atoms in total. The minimum absolute atomic E-state index is 0.219. The van der Waals surface area contributed by atoms with E-state index in [0.29, 0.717) is 29.9 Å². The summed E-state index contributed by atoms with van der Waals surface area (Å²) in [5, 5.41) is 3.99. The first-order valence-electron chi connectivity index (χ1n) is 7.00. The Hall–Kier alpha value is -1.75. The van der Waals surface area contributed by atoms with Gasteiger partial charge in [-0.05, 0) is 50.1 Å². The lowest BCUT2D eigenvalue weighted by atomic mass is 10.1. The molecule has 0 spiro atoms. The van der Waals surface area contributed by atoms with Gasteiger partial charge in [-0.15, -0.1) is 0 Å². The molecule has 1 heterocycles. The highest BCUT2D eigenvalue weighted by Gasteiger charge is 2.29. The maximum atomic E-state index is 13.3. The molecule has 0 amide bonds. The van der Waals surface area contributed by atoms with Gasteiger partial charge in [-0.25, -0.2) is 4.39 Å². The first kappa shape index (κ1) is 13.2. The summed E-state index contributed by atoms with van der Waals surface area (Å²) in [5.74, 6) is 0.925. The predicted octanol–water partition coefficient (Wildman–Crippen LogP) is 3.17. The normalized spacial score (nSPS) is 15.0. The second kappa shape index (κ2) is 5.32. The minimum Gasteiger partial charge on any atom is -0.338 e. The van der Waals surface area contributed by atoms with E-state index in [0.717, 1.165) is 12.1 Å². The molecule has 106 valence electrons. The molecule has 1 aromatic heterocycles. The van der Waals surface area contributed by atoms with E-state index in [4.69, 9.17) is 4.52 Å². The van der Waals surface area contributed by atoms with Gasteiger partial charge in [0.25, 0.3) is 0 Å². The molecule has 1 aliphatic rings. The van der Waals surface area contributed by atoms with Gasteiger partial charge in [0.1, 0.15) is 5.82 Å². The number of rotatable bonds is 5. The molecule has 1 fully saturated rings. The smallest absolute Gasteiger partial charge is 0.241 e. The zero-order valence-corrected chi connectivity index (χ0v) is 11.8. The Morgan fingerprint density at radius 1 is 1.40 bits per heavy atom. The van der Waals surface area contributed by atoms with E-state index in [1.807, 2.05) is 0 Å². The molecule has 1 aromatic carbocycles. The Morgan fingerprint density at radius 3 is 2.85 bits per heavy atom. The summed E-state index contributed by atoms with van der Waals surface area (Å²) in [4.78, 5) is 6.75. The summed E-state index contributed by atoms with van der Waals surface area (Å²) >= 11 is 0. The van der Waals surface area contributed by atoms with Crippen LogP contribution in [0.4, 0.5) is 4.39 Å². The third kappa shape index (κ3) is 2.72. The average molecular weight is 275 g/mol. The summed E-state index contributed by atoms with van der Waals surface area (Å²) in [6.45, 7) is 5.54. The molecule has 3 rings (SSSR count). The number of benzene rings is 1. The van der Waals surface area contributed by atoms with E-state index in [1.54, 1.807) is 19.1 Å². The summed E-state index contributed by atoms with van der Waals surface area (Å²) in [6.07, 6.45) is 2.51. The van der Waals surface area contributed by atoms with Crippen LogP contribution < -0.4 is 0 Å². The molecule has 1 aliphatic carbocycles. The lowest BCUT2D eigenvalue weighted by Crippen LogP contribution is -2.25. The van der Waals surface area contributed by atoms with Crippen LogP contribution in [0.15, 0.2) is 22.7 Å². The van der Waals surface area contributed by atoms with Crippen molar-refractivity contribution in [2.75, 3.05) is 6.54 Å². The molecule has 0 atom stereocenters. The molecule has 0 aliphatic heterocycles. The number of hydrogen-bond acceptors (Lipinski definition) is 4. The monoisotopic (exact) mass is 275 g/mol. The molecule has 0 saturated heterocycles. The van der Waals surface area contributed by atoms with E-state index >= 15 is 0 Å². The zero-order valence-electron chi connectivity index (χ0n) is 11.8. The van der Waals surface area contributed by atoms with Gasteiger partial charge in [0.15, 0.2) is 0 Å². The van der Waals surface area contributed by atoms with Gasteiger partial charge in [-0.2, -0.15) is 4.98 Å². The Kier molecular flexibility index (Phi) is 3.53. The fourth-order valence-electron chi connectivity index (χ4n) is 2.33. The predicted molar refractivity (Wildman–Crippen MR) is 73.5 cm³/mol. The van der Waals surface area contributed by atoms with Gasteiger partial charge in [0.2, 0.25) is 11.7 Å². The minimum atomic E-state index is -0.219. The van der Waals surface area contributed by atoms with Crippen LogP contribution in [0.1, 0.15) is 31.2 Å². The maximum Gasteiger partial charge on any atom is 0.241 e. The zero-order chi connectivity index (χ0) is 14.1. The Labute approximate surface area is 117 Å². The Balaban J connectivity index is 1.77. The van der Waals surface area contributed by atoms with Crippen LogP contribution in [0.5, 0.6) is 0 Å². The van der Waals surface area contributed by atoms with E-state index in [1.165, 1.54) is 18.9 Å². The highest BCUT2D eigenvalue weighted by Crippen LogP contribution is 2.28. The molecule has 2 aromatic rings. The number of aromatic nitrogens is 2. The lowest BCUT2D eigenvalue weighted by Gasteiger charge is -2.16. The number of nitrogens with zero attached hydrogens (tertiary/aromatic N) is 3. The second-order valence-corrected chi connectivity index (χ2v) is 5.27. The van der Waals surface area contributed by atoms with Crippen LogP contribution in [0.25, 0.3) is 11.4 Å². The average Bonchev–Trinajstić information content (AvgIpc) is 3.18. The van der Waals surface area contributed by atoms with E-state index in [2.05, 4.69) is 22.0 Å². The third-order valence-corrected chi connectivity index (χ3v) is 3.69. The second-order valence-electron chi connectivity index (χ2n) is 5.27. The summed E-state index contributed by atoms with van der Waals surface area (Å²) in [7, 11) is 0. The van der Waals surface area contributed by atoms with Crippen LogP contribution in [0.2, 0.25) is 0 Å². The van der Waals surface area contributed by atoms with Gasteiger partial charge in [-0.3, -0.25) is 4.90 Å². The van der Waals surface area contributed by atoms with E-state index in [-0.39, 0.29) is 5.82 Å². The van der Waals surface area contributed by atoms with Crippen LogP contribution >= 0.6 is 0 Å². The van der Waals surface area contributed by atoms with Gasteiger partial charge in [0, 0.05) is 11.6 Å². The largest absolute Gasteiger partial charge is 0.338 e. The van der Waals surface area contributed by atoms with Crippen molar-refractivity contribution in [1.82, 2.24) is 15.0 Å². The Bertz CT molecular complexity index is 607. The third-order valence-electron chi connectivity index (χ3n) is 3.69. The van der Waals surface area contributed by atoms with Crippen LogP contribution in [0.3, 0.4) is 0 Å². The van der Waals surface area contributed by atoms with Gasteiger partial charge in [-0.1, -0.05) is 12.1 Å². The Morgan fingerprint density at radius 2 is 2.20 bits per heavy atom. The van der Waals surface area contributed by atoms with Crippen molar-refractivity contribution in [2.45, 2.75) is 39.3 Å². The lowest BCUT2D eigenvalue weighted by molar-refractivity contribution is 0.227. The standard InChI is InChI=1S/C15H18FN3O/c1-3-19(12-5-6-12)9-14-17-15(18-20-14)11-4-7-13(16)10(2)8-11/h4,7-8,12H,3,5-6,9H2,1-2H3. The fourth-order valence-corrected chi connectivity index (χ4v) is 2.33. The van der Waals surface area contributed by atoms with Crippen molar-refractivity contribution in [1.29, 1.82) is 0 Å². The fraction of sp³-hybridized carbons (Fsp3) is 0.467. The topological polar surface area (TPSA) is 42.2 Å². The molecule has 0 N–H and O–H groups in total. The van der Waals surface area contributed by atoms with Crippen LogP contribution in [0, 0.1) is 12.7 Å². The highest BCUT2D eigenvalue weighted by atomic mass is 19.1. The number of aryl methyl sites for hydroxylation is 1. The summed E-state index contributed by atoms with van der Waals surface area (Å²) in [6, 6.07) is 5.52. The SMILES string of the molecule is CCN(Cc1nc(-c2ccc(F)c(C)c2)no1)C1CC1. The molecule has 0 bridgehead atoms. The van der Waals surface area contributed by atoms with Crippen molar-refractivity contribution in [3.8, 4) is 11.4 Å². The van der Waals surface area contributed by atoms with Gasteiger partial charge < -0.3 is 4.52 Å². The quantitative estimate of drug-likeness (QED) is 0.840. The molecule has 0 radical (unpaired) electrons. The van der Waals surface area contributed by atoms with Crippen LogP contribution in [-0.4, -0.2) is 27.6 Å². The maximum absolute atomic E-state index is 13.3. The molecule has 0 unspecified atom stereocenters. The summed E-state index contributed by atoms with van der Waals surface area (Å²) < 4.78 is 18.6. The van der Waals surface area contributed by atoms with Gasteiger partial charge in [0.05, 0.1) is 6.54 Å². The van der Waals surface area contributed by atoms with E-state index < -0.39 is 0 Å². The molecular formula is C15H18FN3O. The summed E-state index contributed by atoms with van der Waals surface area (Å²) in [5.41, 5.74) is 1.37. The first-order chi connectivity index (χ1) is 9.67. The van der Waals surface area contributed by atoms with Crippen molar-refractivity contribution in [3.05, 3.63) is 35.5 Å². The van der Waals surface area contributed by atoms with Crippen molar-refractivity contribution < 1.29 is 8.91 Å². The molecule has 1 saturated carbocycles. The van der Waals surface area contributed by atoms with Crippen molar-refractivity contribution in [2.24, 2.45) is 0 Å². The van der Waals surface area contributed by atoms with Crippen molar-refractivity contribution in [3.63, 3.8) is 0 Å². The first-order valence-corrected chi connectivity index (χ1v) is 7.00. The number of hydrogen-bond donors (Lipinski definition) is 0. The molecule has 5 heteroatoms. The van der Waals surface area contributed by atoms with Crippen LogP contribution in [-0.2, 0) is 6.54 Å².